The second kappa shape index (κ2) is 107. The Morgan fingerprint density at radius 3 is 0.303 bits per heavy atom. The predicted octanol–water partition coefficient (Wildman–Crippen LogP) is 32.5. The number of unbranched alkanes of at least 4 members (excludes halogenated alkanes) is 64. The molecule has 0 atom stereocenters. The average molecular weight is 1760 g/mol. The van der Waals surface area contributed by atoms with Crippen molar-refractivity contribution < 1.29 is 40.4 Å². The zero-order valence-corrected chi connectivity index (χ0v) is 82.2. The number of nitrogens with zero attached hydrogens (tertiary/aromatic N) is 4. The molecule has 0 aliphatic carbocycles. The summed E-state index contributed by atoms with van der Waals surface area (Å²) in [6.45, 7) is 25.9. The normalized spacial score (nSPS) is 11.1. The Hall–Kier alpha value is 0.968. The van der Waals surface area contributed by atoms with E-state index in [1.165, 1.54) is 462 Å². The van der Waals surface area contributed by atoms with Crippen LogP contribution in [-0.2, 0) is 90.9 Å². The standard InChI is InChI=1S/4C23H47NOS2.Mo/c4*1-3-5-7-9-11-13-15-17-19-21-24(25-23(26)27)22-20-18-16-14-12-10-8-6-4-2;/h4*3-22H2,1-2H3,(H,26,27);/q;;;;+4/p-4. The van der Waals surface area contributed by atoms with Gasteiger partial charge in [-0.05, 0) is 51.4 Å². The summed E-state index contributed by atoms with van der Waals surface area (Å²) in [5.41, 5.74) is 0. The Labute approximate surface area is 741 Å². The van der Waals surface area contributed by atoms with Crippen molar-refractivity contribution in [2.24, 2.45) is 0 Å². The second-order valence-corrected chi connectivity index (χ2v) is 35.7. The van der Waals surface area contributed by atoms with E-state index in [4.69, 9.17) is 119 Å². The van der Waals surface area contributed by atoms with Crippen LogP contribution in [0.3, 0.4) is 0 Å². The largest absolute Gasteiger partial charge is 4.00 e. The van der Waals surface area contributed by atoms with Crippen molar-refractivity contribution in [3.8, 4) is 0 Å². The van der Waals surface area contributed by atoms with Gasteiger partial charge in [0.1, 0.15) is 0 Å². The number of hydrogen-bond acceptors (Lipinski definition) is 16. The van der Waals surface area contributed by atoms with E-state index in [1.807, 2.05) is 20.3 Å². The van der Waals surface area contributed by atoms with Crippen LogP contribution in [0.25, 0.3) is 0 Å². The first kappa shape index (κ1) is 119. The molecule has 0 bridgehead atoms. The first-order valence-corrected chi connectivity index (χ1v) is 50.6. The van der Waals surface area contributed by atoms with E-state index in [1.54, 1.807) is 0 Å². The van der Waals surface area contributed by atoms with Crippen molar-refractivity contribution in [1.29, 1.82) is 0 Å². The van der Waals surface area contributed by atoms with E-state index >= 15 is 0 Å². The van der Waals surface area contributed by atoms with Gasteiger partial charge >= 0.3 is 21.1 Å². The molecule has 0 aromatic carbocycles. The molecule has 0 aromatic rings. The van der Waals surface area contributed by atoms with Gasteiger partial charge in [0.15, 0.2) is 0 Å². The summed E-state index contributed by atoms with van der Waals surface area (Å²) in [5, 5.41) is 8.05. The van der Waals surface area contributed by atoms with Crippen molar-refractivity contribution in [1.82, 2.24) is 20.3 Å². The van der Waals surface area contributed by atoms with E-state index in [9.17, 15) is 0 Å². The van der Waals surface area contributed by atoms with Gasteiger partial charge in [0.05, 0.1) is 17.5 Å². The number of thiocarbonyl (C=S) groups is 4. The van der Waals surface area contributed by atoms with Crippen LogP contribution in [0.2, 0.25) is 0 Å². The maximum Gasteiger partial charge on any atom is 4.00 e. The quantitative estimate of drug-likeness (QED) is 0.0191. The van der Waals surface area contributed by atoms with E-state index < -0.39 is 0 Å². The molecular weight excluding hydrogens is 1580 g/mol. The Bertz CT molecular complexity index is 1410. The minimum Gasteiger partial charge on any atom is -0.426 e. The molecule has 0 heterocycles. The maximum absolute atomic E-state index is 5.57. The molecule has 0 saturated heterocycles. The molecule has 650 valence electrons. The number of hydroxylamine groups is 8. The molecule has 0 fully saturated rings. The van der Waals surface area contributed by atoms with Crippen LogP contribution in [-0.4, -0.2) is 90.1 Å². The van der Waals surface area contributed by atoms with Crippen molar-refractivity contribution in [2.45, 2.75) is 518 Å². The molecule has 0 spiro atoms. The SMILES string of the molecule is CCCCCCCCCCCN(CCCCCCCCCCC)OC(=S)[S-].CCCCCCCCCCCN(CCCCCCCCCCC)OC(=S)[S-].CCCCCCCCCCCN(CCCCCCCCCCC)OC(=S)[S-].CCCCCCCCCCCN(CCCCCCCCCCC)OC(=S)[S-].[Mo+4]. The number of hydrogen-bond donors (Lipinski definition) is 0. The summed E-state index contributed by atoms with van der Waals surface area (Å²) in [6.07, 6.45) is 97.1. The second-order valence-electron chi connectivity index (χ2n) is 31.7. The first-order chi connectivity index (χ1) is 52.8. The van der Waals surface area contributed by atoms with Gasteiger partial charge in [0.2, 0.25) is 0 Å². The first-order valence-electron chi connectivity index (χ1n) is 47.4. The van der Waals surface area contributed by atoms with Gasteiger partial charge < -0.3 is 119 Å². The Balaban J connectivity index is -0.000000440. The Morgan fingerprint density at radius 1 is 0.156 bits per heavy atom. The van der Waals surface area contributed by atoms with E-state index in [2.05, 4.69) is 55.4 Å². The summed E-state index contributed by atoms with van der Waals surface area (Å²) in [4.78, 5) is 22.3. The van der Waals surface area contributed by atoms with E-state index in [-0.39, 0.29) is 38.6 Å². The third kappa shape index (κ3) is 113. The summed E-state index contributed by atoms with van der Waals surface area (Å²) in [6, 6.07) is 0. The summed E-state index contributed by atoms with van der Waals surface area (Å²) >= 11 is 39.7. The van der Waals surface area contributed by atoms with Crippen LogP contribution in [0.1, 0.15) is 518 Å². The van der Waals surface area contributed by atoms with Crippen molar-refractivity contribution in [2.75, 3.05) is 52.4 Å². The fourth-order valence-corrected chi connectivity index (χ4v) is 14.9. The van der Waals surface area contributed by atoms with Crippen LogP contribution in [0.15, 0.2) is 0 Å². The fourth-order valence-electron chi connectivity index (χ4n) is 14.0. The van der Waals surface area contributed by atoms with Crippen LogP contribution in [0.5, 0.6) is 0 Å². The zero-order chi connectivity index (χ0) is 80.0. The molecule has 0 radical (unpaired) electrons. The van der Waals surface area contributed by atoms with Crippen LogP contribution in [0, 0.1) is 0 Å². The van der Waals surface area contributed by atoms with Gasteiger partial charge in [-0.2, -0.15) is 0 Å². The predicted molar refractivity (Wildman–Crippen MR) is 508 cm³/mol. The van der Waals surface area contributed by atoms with Gasteiger partial charge in [-0.25, -0.2) is 0 Å². The van der Waals surface area contributed by atoms with Crippen molar-refractivity contribution >= 4 is 117 Å². The fraction of sp³-hybridized carbons (Fsp3) is 0.957. The zero-order valence-electron chi connectivity index (χ0n) is 73.7. The molecule has 0 N–H and O–H groups in total. The molecular formula is C92H184MoN4O4S8. The molecule has 109 heavy (non-hydrogen) atoms. The molecule has 0 aromatic heterocycles. The molecule has 0 unspecified atom stereocenters. The van der Waals surface area contributed by atoms with Gasteiger partial charge in [-0.15, -0.1) is 20.3 Å². The van der Waals surface area contributed by atoms with Crippen LogP contribution in [0.4, 0.5) is 0 Å². The number of rotatable bonds is 84. The summed E-state index contributed by atoms with van der Waals surface area (Å²) < 4.78 is 0.951. The Kier molecular flexibility index (Phi) is 116. The minimum absolute atomic E-state index is 0. The summed E-state index contributed by atoms with van der Waals surface area (Å²) in [7, 11) is 0. The van der Waals surface area contributed by atoms with Crippen LogP contribution < -0.4 is 0 Å². The molecule has 0 saturated carbocycles. The van der Waals surface area contributed by atoms with Gasteiger partial charge in [-0.1, -0.05) is 466 Å². The van der Waals surface area contributed by atoms with Gasteiger partial charge in [0.25, 0.3) is 0 Å². The molecule has 0 aliphatic rings. The smallest absolute Gasteiger partial charge is 0.426 e. The van der Waals surface area contributed by atoms with E-state index in [0.717, 1.165) is 52.4 Å². The Morgan fingerprint density at radius 2 is 0.229 bits per heavy atom. The molecule has 17 heteroatoms. The molecule has 0 aliphatic heterocycles. The third-order valence-electron chi connectivity index (χ3n) is 20.9. The van der Waals surface area contributed by atoms with Crippen molar-refractivity contribution in [3.05, 3.63) is 0 Å². The molecule has 8 nitrogen and oxygen atoms in total. The van der Waals surface area contributed by atoms with Crippen molar-refractivity contribution in [3.63, 3.8) is 0 Å². The summed E-state index contributed by atoms with van der Waals surface area (Å²) in [5.74, 6) is 0. The monoisotopic (exact) mass is 1760 g/mol. The average Bonchev–Trinajstić information content (AvgIpc) is 1.11. The van der Waals surface area contributed by atoms with Crippen LogP contribution >= 0.6 is 48.9 Å². The third-order valence-corrected chi connectivity index (χ3v) is 21.5. The van der Waals surface area contributed by atoms with Gasteiger partial charge in [-0.3, -0.25) is 0 Å². The van der Waals surface area contributed by atoms with Gasteiger partial charge in [0, 0.05) is 52.4 Å². The van der Waals surface area contributed by atoms with E-state index in [0.29, 0.717) is 0 Å². The minimum atomic E-state index is 0. The topological polar surface area (TPSA) is 49.9 Å². The molecule has 0 rings (SSSR count). The maximum atomic E-state index is 5.57. The molecule has 0 amide bonds.